The topological polar surface area (TPSA) is 97.5 Å². The first kappa shape index (κ1) is 19.9. The Bertz CT molecular complexity index is 1060. The van der Waals surface area contributed by atoms with Crippen LogP contribution in [0.1, 0.15) is 48.6 Å². The number of rotatable bonds is 5. The van der Waals surface area contributed by atoms with Crippen LogP contribution in [0.25, 0.3) is 10.9 Å². The van der Waals surface area contributed by atoms with E-state index in [9.17, 15) is 4.79 Å². The molecule has 31 heavy (non-hydrogen) atoms. The van der Waals surface area contributed by atoms with Crippen LogP contribution in [0.5, 0.6) is 5.75 Å². The summed E-state index contributed by atoms with van der Waals surface area (Å²) in [7, 11) is 1.59. The molecule has 9 nitrogen and oxygen atoms in total. The molecular weight excluding hydrogens is 396 g/mol. The summed E-state index contributed by atoms with van der Waals surface area (Å²) in [5.41, 5.74) is 1.70. The van der Waals surface area contributed by atoms with Crippen molar-refractivity contribution in [1.82, 2.24) is 20.1 Å². The summed E-state index contributed by atoms with van der Waals surface area (Å²) in [5.74, 6) is 0.242. The number of hydrogen-bond donors (Lipinski definition) is 2. The van der Waals surface area contributed by atoms with E-state index in [4.69, 9.17) is 14.3 Å². The van der Waals surface area contributed by atoms with E-state index in [1.165, 1.54) is 12.7 Å². The van der Waals surface area contributed by atoms with Crippen molar-refractivity contribution >= 4 is 28.5 Å². The van der Waals surface area contributed by atoms with Crippen LogP contribution in [0.15, 0.2) is 29.0 Å². The van der Waals surface area contributed by atoms with Crippen molar-refractivity contribution < 1.29 is 13.9 Å². The van der Waals surface area contributed by atoms with Crippen LogP contribution >= 0.6 is 0 Å². The zero-order valence-corrected chi connectivity index (χ0v) is 17.8. The summed E-state index contributed by atoms with van der Waals surface area (Å²) in [6, 6.07) is 4.67. The molecular formula is C22H28N6O3. The van der Waals surface area contributed by atoms with Crippen molar-refractivity contribution in [2.24, 2.45) is 0 Å². The number of amides is 1. The van der Waals surface area contributed by atoms with Gasteiger partial charge in [-0.1, -0.05) is 0 Å². The van der Waals surface area contributed by atoms with Crippen LogP contribution in [0.4, 0.5) is 11.7 Å². The van der Waals surface area contributed by atoms with Gasteiger partial charge in [0.1, 0.15) is 12.0 Å². The van der Waals surface area contributed by atoms with E-state index in [1.54, 1.807) is 7.11 Å². The molecule has 4 heterocycles. The van der Waals surface area contributed by atoms with E-state index in [-0.39, 0.29) is 11.6 Å². The summed E-state index contributed by atoms with van der Waals surface area (Å²) in [4.78, 5) is 19.3. The number of nitrogens with one attached hydrogen (secondary N) is 2. The molecule has 2 saturated heterocycles. The van der Waals surface area contributed by atoms with Gasteiger partial charge in [0, 0.05) is 30.7 Å². The lowest BCUT2D eigenvalue weighted by molar-refractivity contribution is 0.102. The monoisotopic (exact) mass is 424 g/mol. The second-order valence-electron chi connectivity index (χ2n) is 8.22. The maximum absolute atomic E-state index is 12.8. The molecule has 2 N–H and O–H groups in total. The zero-order chi connectivity index (χ0) is 21.2. The summed E-state index contributed by atoms with van der Waals surface area (Å²) in [5, 5.41) is 12.0. The van der Waals surface area contributed by atoms with Gasteiger partial charge < -0.3 is 24.7 Å². The molecule has 164 valence electrons. The second kappa shape index (κ2) is 8.58. The van der Waals surface area contributed by atoms with Crippen LogP contribution in [-0.4, -0.2) is 54.0 Å². The Kier molecular flexibility index (Phi) is 5.50. The molecule has 0 aliphatic carbocycles. The van der Waals surface area contributed by atoms with Gasteiger partial charge in [-0.2, -0.15) is 10.1 Å². The zero-order valence-electron chi connectivity index (χ0n) is 17.8. The van der Waals surface area contributed by atoms with Gasteiger partial charge in [0.05, 0.1) is 24.4 Å². The average Bonchev–Trinajstić information content (AvgIpc) is 3.47. The number of aromatic nitrogens is 3. The minimum Gasteiger partial charge on any atom is -0.494 e. The predicted molar refractivity (Wildman–Crippen MR) is 118 cm³/mol. The highest BCUT2D eigenvalue weighted by molar-refractivity contribution is 6.05. The summed E-state index contributed by atoms with van der Waals surface area (Å²) >= 11 is 0. The van der Waals surface area contributed by atoms with Crippen molar-refractivity contribution in [3.05, 3.63) is 30.3 Å². The van der Waals surface area contributed by atoms with Crippen molar-refractivity contribution in [2.45, 2.75) is 38.1 Å². The number of hydrogen-bond acceptors (Lipinski definition) is 7. The van der Waals surface area contributed by atoms with Crippen molar-refractivity contribution in [3.63, 3.8) is 0 Å². The lowest BCUT2D eigenvalue weighted by Crippen LogP contribution is -2.29. The number of anilines is 2. The summed E-state index contributed by atoms with van der Waals surface area (Å²) in [6.07, 6.45) is 9.03. The number of carbonyl (C=O) groups excluding carboxylic acids is 1. The van der Waals surface area contributed by atoms with Gasteiger partial charge in [-0.3, -0.25) is 9.48 Å². The number of benzene rings is 1. The number of ether oxygens (including phenoxy) is 1. The number of piperidine rings is 2. The van der Waals surface area contributed by atoms with Gasteiger partial charge in [-0.05, 0) is 51.3 Å². The molecule has 5 rings (SSSR count). The first-order chi connectivity index (χ1) is 15.2. The minimum atomic E-state index is -0.324. The molecule has 0 saturated carbocycles. The highest BCUT2D eigenvalue weighted by Gasteiger charge is 2.21. The number of nitrogens with zero attached hydrogens (tertiary/aromatic N) is 4. The van der Waals surface area contributed by atoms with Crippen molar-refractivity contribution in [3.8, 4) is 5.75 Å². The van der Waals surface area contributed by atoms with Gasteiger partial charge in [0.2, 0.25) is 0 Å². The Balaban J connectivity index is 1.36. The highest BCUT2D eigenvalue weighted by atomic mass is 16.5. The molecule has 9 heteroatoms. The van der Waals surface area contributed by atoms with E-state index in [1.807, 2.05) is 23.0 Å². The maximum atomic E-state index is 12.8. The Labute approximate surface area is 180 Å². The van der Waals surface area contributed by atoms with E-state index in [0.29, 0.717) is 23.5 Å². The third-order valence-electron chi connectivity index (χ3n) is 6.13. The Morgan fingerprint density at radius 2 is 2.03 bits per heavy atom. The Morgan fingerprint density at radius 1 is 1.23 bits per heavy atom. The van der Waals surface area contributed by atoms with Gasteiger partial charge in [0.25, 0.3) is 11.9 Å². The summed E-state index contributed by atoms with van der Waals surface area (Å²) in [6.45, 7) is 3.82. The Morgan fingerprint density at radius 3 is 2.81 bits per heavy atom. The maximum Gasteiger partial charge on any atom is 0.297 e. The smallest absolute Gasteiger partial charge is 0.297 e. The van der Waals surface area contributed by atoms with Crippen LogP contribution in [0.2, 0.25) is 0 Å². The minimum absolute atomic E-state index is 0.258. The lowest BCUT2D eigenvalue weighted by atomic mass is 10.1. The van der Waals surface area contributed by atoms with Crippen LogP contribution in [-0.2, 0) is 0 Å². The number of carbonyl (C=O) groups is 1. The van der Waals surface area contributed by atoms with Gasteiger partial charge in [-0.15, -0.1) is 0 Å². The molecule has 0 unspecified atom stereocenters. The fourth-order valence-electron chi connectivity index (χ4n) is 4.38. The van der Waals surface area contributed by atoms with E-state index in [2.05, 4.69) is 20.5 Å². The van der Waals surface area contributed by atoms with Gasteiger partial charge >= 0.3 is 0 Å². The van der Waals surface area contributed by atoms with Gasteiger partial charge in [0.15, 0.2) is 5.69 Å². The summed E-state index contributed by atoms with van der Waals surface area (Å²) < 4.78 is 13.1. The lowest BCUT2D eigenvalue weighted by Gasteiger charge is -2.24. The number of oxazole rings is 1. The molecule has 2 fully saturated rings. The fourth-order valence-corrected chi connectivity index (χ4v) is 4.38. The molecule has 3 aromatic rings. The number of methoxy groups -OCH3 is 1. The molecule has 2 aromatic heterocycles. The molecule has 0 bridgehead atoms. The van der Waals surface area contributed by atoms with E-state index >= 15 is 0 Å². The first-order valence-electron chi connectivity index (χ1n) is 11.0. The van der Waals surface area contributed by atoms with E-state index < -0.39 is 0 Å². The van der Waals surface area contributed by atoms with Crippen LogP contribution in [0.3, 0.4) is 0 Å². The van der Waals surface area contributed by atoms with Crippen LogP contribution in [0, 0.1) is 0 Å². The highest BCUT2D eigenvalue weighted by Crippen LogP contribution is 2.32. The molecule has 0 radical (unpaired) electrons. The fraction of sp³-hybridized carbons (Fsp3) is 0.500. The molecule has 1 aromatic carbocycles. The predicted octanol–water partition coefficient (Wildman–Crippen LogP) is 3.20. The van der Waals surface area contributed by atoms with Gasteiger partial charge in [-0.25, -0.2) is 0 Å². The van der Waals surface area contributed by atoms with Crippen molar-refractivity contribution in [1.29, 1.82) is 0 Å². The quantitative estimate of drug-likeness (QED) is 0.649. The average molecular weight is 425 g/mol. The Hall–Kier alpha value is -3.07. The SMILES string of the molecule is COc1cc2nn(C3CCNCC3)cc2cc1NC(=O)c1coc(N2CCCCC2)n1. The molecule has 2 aliphatic rings. The second-order valence-corrected chi connectivity index (χ2v) is 8.22. The molecule has 0 atom stereocenters. The van der Waals surface area contributed by atoms with Crippen LogP contribution < -0.4 is 20.3 Å². The third-order valence-corrected chi connectivity index (χ3v) is 6.13. The third kappa shape index (κ3) is 4.10. The van der Waals surface area contributed by atoms with Crippen molar-refractivity contribution in [2.75, 3.05) is 43.5 Å². The van der Waals surface area contributed by atoms with E-state index in [0.717, 1.165) is 62.8 Å². The first-order valence-corrected chi connectivity index (χ1v) is 11.0. The number of fused-ring (bicyclic) bond motifs is 1. The molecule has 1 amide bonds. The molecule has 2 aliphatic heterocycles. The largest absolute Gasteiger partial charge is 0.494 e. The molecule has 0 spiro atoms. The normalized spacial score (nSPS) is 17.8. The standard InChI is InChI=1S/C22H28N6O3/c1-30-20-12-17-15(13-28(26-17)16-5-7-23-8-6-16)11-18(20)24-21(29)19-14-31-22(25-19)27-9-3-2-4-10-27/h11-14,16,23H,2-10H2,1H3,(H,24,29).